The topological polar surface area (TPSA) is 51.0 Å². The smallest absolute Gasteiger partial charge is 0.247 e. The summed E-state index contributed by atoms with van der Waals surface area (Å²) in [6.07, 6.45) is 0.902. The zero-order valence-electron chi connectivity index (χ0n) is 9.77. The summed E-state index contributed by atoms with van der Waals surface area (Å²) in [7, 11) is 1.88. The number of aromatic nitrogens is 2. The first kappa shape index (κ1) is 12.1. The normalized spacial score (nSPS) is 12.6. The van der Waals surface area contributed by atoms with E-state index >= 15 is 0 Å². The first-order valence-corrected chi connectivity index (χ1v) is 5.89. The summed E-state index contributed by atoms with van der Waals surface area (Å²) in [6.45, 7) is 2.06. The van der Waals surface area contributed by atoms with Crippen LogP contribution in [-0.4, -0.2) is 17.2 Å². The average molecular weight is 252 g/mol. The minimum absolute atomic E-state index is 0.101. The predicted octanol–water partition coefficient (Wildman–Crippen LogP) is 3.06. The van der Waals surface area contributed by atoms with Crippen molar-refractivity contribution >= 4 is 11.6 Å². The Morgan fingerprint density at radius 1 is 1.29 bits per heavy atom. The molecule has 2 aromatic rings. The molecule has 90 valence electrons. The number of benzene rings is 1. The molecule has 0 spiro atoms. The monoisotopic (exact) mass is 251 g/mol. The summed E-state index contributed by atoms with van der Waals surface area (Å²) in [5.74, 6) is 1.13. The van der Waals surface area contributed by atoms with E-state index in [1.807, 2.05) is 19.2 Å². The van der Waals surface area contributed by atoms with Crippen LogP contribution in [0.3, 0.4) is 0 Å². The van der Waals surface area contributed by atoms with E-state index in [0.29, 0.717) is 16.8 Å². The molecular formula is C12H14ClN3O. The van der Waals surface area contributed by atoms with Crippen molar-refractivity contribution in [2.45, 2.75) is 19.4 Å². The van der Waals surface area contributed by atoms with Crippen molar-refractivity contribution < 1.29 is 4.42 Å². The van der Waals surface area contributed by atoms with E-state index in [9.17, 15) is 0 Å². The molecule has 1 atom stereocenters. The highest BCUT2D eigenvalue weighted by Crippen LogP contribution is 2.23. The molecule has 0 fully saturated rings. The molecule has 1 N–H and O–H groups in total. The van der Waals surface area contributed by atoms with E-state index in [1.54, 1.807) is 12.1 Å². The quantitative estimate of drug-likeness (QED) is 0.907. The van der Waals surface area contributed by atoms with Crippen LogP contribution in [0.4, 0.5) is 0 Å². The third-order valence-corrected chi connectivity index (χ3v) is 2.84. The van der Waals surface area contributed by atoms with Crippen LogP contribution < -0.4 is 5.32 Å². The van der Waals surface area contributed by atoms with Crippen molar-refractivity contribution in [1.29, 1.82) is 0 Å². The molecule has 1 aromatic heterocycles. The Hall–Kier alpha value is -1.39. The number of hydrogen-bond acceptors (Lipinski definition) is 4. The predicted molar refractivity (Wildman–Crippen MR) is 66.8 cm³/mol. The van der Waals surface area contributed by atoms with Crippen molar-refractivity contribution in [2.75, 3.05) is 7.05 Å². The van der Waals surface area contributed by atoms with Crippen LogP contribution in [0.5, 0.6) is 0 Å². The first-order chi connectivity index (χ1) is 8.24. The van der Waals surface area contributed by atoms with Crippen LogP contribution in [0.25, 0.3) is 11.5 Å². The van der Waals surface area contributed by atoms with Gasteiger partial charge in [-0.15, -0.1) is 10.2 Å². The Labute approximate surface area is 105 Å². The van der Waals surface area contributed by atoms with Gasteiger partial charge in [0.15, 0.2) is 0 Å². The highest BCUT2D eigenvalue weighted by Gasteiger charge is 2.15. The molecule has 1 unspecified atom stereocenters. The van der Waals surface area contributed by atoms with E-state index in [2.05, 4.69) is 22.4 Å². The summed E-state index contributed by atoms with van der Waals surface area (Å²) >= 11 is 5.82. The summed E-state index contributed by atoms with van der Waals surface area (Å²) in [5, 5.41) is 11.9. The maximum atomic E-state index is 5.82. The number of hydrogen-bond donors (Lipinski definition) is 1. The summed E-state index contributed by atoms with van der Waals surface area (Å²) < 4.78 is 5.63. The number of nitrogens with zero attached hydrogens (tertiary/aromatic N) is 2. The van der Waals surface area contributed by atoms with Gasteiger partial charge in [0.05, 0.1) is 6.04 Å². The van der Waals surface area contributed by atoms with Gasteiger partial charge >= 0.3 is 0 Å². The fourth-order valence-corrected chi connectivity index (χ4v) is 1.71. The van der Waals surface area contributed by atoms with Crippen molar-refractivity contribution in [2.24, 2.45) is 0 Å². The minimum atomic E-state index is 0.101. The van der Waals surface area contributed by atoms with Crippen LogP contribution >= 0.6 is 11.6 Å². The van der Waals surface area contributed by atoms with Gasteiger partial charge < -0.3 is 9.73 Å². The Bertz CT molecular complexity index is 477. The van der Waals surface area contributed by atoms with Crippen LogP contribution in [0.15, 0.2) is 28.7 Å². The molecule has 0 saturated heterocycles. The lowest BCUT2D eigenvalue weighted by molar-refractivity contribution is 0.415. The fraction of sp³-hybridized carbons (Fsp3) is 0.333. The van der Waals surface area contributed by atoms with Gasteiger partial charge in [0.25, 0.3) is 0 Å². The Balaban J connectivity index is 2.26. The minimum Gasteiger partial charge on any atom is -0.419 e. The molecule has 0 radical (unpaired) electrons. The summed E-state index contributed by atoms with van der Waals surface area (Å²) in [6, 6.07) is 7.43. The van der Waals surface area contributed by atoms with Crippen LogP contribution in [0.1, 0.15) is 25.3 Å². The lowest BCUT2D eigenvalue weighted by Crippen LogP contribution is -2.15. The molecule has 0 aliphatic heterocycles. The van der Waals surface area contributed by atoms with E-state index in [1.165, 1.54) is 0 Å². The van der Waals surface area contributed by atoms with E-state index in [0.717, 1.165) is 12.0 Å². The fourth-order valence-electron chi connectivity index (χ4n) is 1.59. The Morgan fingerprint density at radius 2 is 2.00 bits per heavy atom. The maximum Gasteiger partial charge on any atom is 0.247 e. The molecule has 0 saturated carbocycles. The Morgan fingerprint density at radius 3 is 2.59 bits per heavy atom. The van der Waals surface area contributed by atoms with Crippen molar-refractivity contribution in [3.63, 3.8) is 0 Å². The van der Waals surface area contributed by atoms with Gasteiger partial charge in [-0.2, -0.15) is 0 Å². The lowest BCUT2D eigenvalue weighted by atomic mass is 10.2. The summed E-state index contributed by atoms with van der Waals surface area (Å²) in [4.78, 5) is 0. The molecule has 1 aromatic carbocycles. The van der Waals surface area contributed by atoms with Crippen LogP contribution in [0.2, 0.25) is 5.02 Å². The van der Waals surface area contributed by atoms with Crippen molar-refractivity contribution in [1.82, 2.24) is 15.5 Å². The van der Waals surface area contributed by atoms with Gasteiger partial charge in [0.1, 0.15) is 0 Å². The lowest BCUT2D eigenvalue weighted by Gasteiger charge is -2.07. The van der Waals surface area contributed by atoms with Gasteiger partial charge in [0.2, 0.25) is 11.8 Å². The average Bonchev–Trinajstić information content (AvgIpc) is 2.81. The van der Waals surface area contributed by atoms with E-state index < -0.39 is 0 Å². The third-order valence-electron chi connectivity index (χ3n) is 2.59. The standard InChI is InChI=1S/C12H14ClN3O/c1-3-10(14-2)12-16-15-11(17-12)8-4-6-9(13)7-5-8/h4-7,10,14H,3H2,1-2H3. The highest BCUT2D eigenvalue weighted by atomic mass is 35.5. The molecule has 4 nitrogen and oxygen atoms in total. The third kappa shape index (κ3) is 2.65. The van der Waals surface area contributed by atoms with Gasteiger partial charge in [0, 0.05) is 10.6 Å². The second kappa shape index (κ2) is 5.29. The van der Waals surface area contributed by atoms with Gasteiger partial charge in [-0.05, 0) is 37.7 Å². The van der Waals surface area contributed by atoms with Crippen molar-refractivity contribution in [3.05, 3.63) is 35.2 Å². The Kier molecular flexibility index (Phi) is 3.76. The zero-order valence-corrected chi connectivity index (χ0v) is 10.5. The van der Waals surface area contributed by atoms with Gasteiger partial charge in [-0.25, -0.2) is 0 Å². The molecule has 0 aliphatic rings. The molecule has 0 aliphatic carbocycles. The second-order valence-corrected chi connectivity index (χ2v) is 4.14. The number of rotatable bonds is 4. The molecule has 17 heavy (non-hydrogen) atoms. The molecule has 0 amide bonds. The molecule has 0 bridgehead atoms. The first-order valence-electron chi connectivity index (χ1n) is 5.51. The van der Waals surface area contributed by atoms with E-state index in [4.69, 9.17) is 16.0 Å². The molecule has 2 rings (SSSR count). The molecule has 1 heterocycles. The highest BCUT2D eigenvalue weighted by molar-refractivity contribution is 6.30. The largest absolute Gasteiger partial charge is 0.419 e. The maximum absolute atomic E-state index is 5.82. The van der Waals surface area contributed by atoms with E-state index in [-0.39, 0.29) is 6.04 Å². The number of nitrogens with one attached hydrogen (secondary N) is 1. The zero-order chi connectivity index (χ0) is 12.3. The molecule has 5 heteroatoms. The van der Waals surface area contributed by atoms with Crippen LogP contribution in [0, 0.1) is 0 Å². The van der Waals surface area contributed by atoms with Gasteiger partial charge in [-0.1, -0.05) is 18.5 Å². The van der Waals surface area contributed by atoms with Gasteiger partial charge in [-0.3, -0.25) is 0 Å². The summed E-state index contributed by atoms with van der Waals surface area (Å²) in [5.41, 5.74) is 0.874. The number of halogens is 1. The SMILES string of the molecule is CCC(NC)c1nnc(-c2ccc(Cl)cc2)o1. The van der Waals surface area contributed by atoms with Crippen molar-refractivity contribution in [3.8, 4) is 11.5 Å². The second-order valence-electron chi connectivity index (χ2n) is 3.70. The molecular weight excluding hydrogens is 238 g/mol. The van der Waals surface area contributed by atoms with Crippen LogP contribution in [-0.2, 0) is 0 Å².